The summed E-state index contributed by atoms with van der Waals surface area (Å²) in [6, 6.07) is 7.31. The molecule has 0 radical (unpaired) electrons. The molecule has 1 aliphatic rings. The van der Waals surface area contributed by atoms with Crippen molar-refractivity contribution in [2.24, 2.45) is 5.92 Å². The number of halogens is 4. The van der Waals surface area contributed by atoms with Gasteiger partial charge in [0, 0.05) is 18.8 Å². The Balaban J connectivity index is 1.78. The van der Waals surface area contributed by atoms with Crippen LogP contribution in [-0.4, -0.2) is 38.8 Å². The SMILES string of the molecule is COc1ccc(F)cc1S(=O)(=O)N1CCC[C@@H](C(=O)Nc2cccc(C(F)(F)F)c2)C1. The summed E-state index contributed by atoms with van der Waals surface area (Å²) in [5.74, 6) is -2.16. The second-order valence-corrected chi connectivity index (χ2v) is 8.97. The number of benzene rings is 2. The van der Waals surface area contributed by atoms with Crippen molar-refractivity contribution >= 4 is 21.6 Å². The van der Waals surface area contributed by atoms with Gasteiger partial charge in [-0.15, -0.1) is 0 Å². The number of hydrogen-bond acceptors (Lipinski definition) is 4. The van der Waals surface area contributed by atoms with Gasteiger partial charge in [-0.05, 0) is 49.2 Å². The van der Waals surface area contributed by atoms with Crippen LogP contribution in [0.3, 0.4) is 0 Å². The molecule has 0 spiro atoms. The molecule has 1 aliphatic heterocycles. The third kappa shape index (κ3) is 5.16. The maximum atomic E-state index is 13.7. The fourth-order valence-electron chi connectivity index (χ4n) is 3.38. The highest BCUT2D eigenvalue weighted by Gasteiger charge is 2.35. The second-order valence-electron chi connectivity index (χ2n) is 7.07. The molecule has 1 saturated heterocycles. The first kappa shape index (κ1) is 23.0. The topological polar surface area (TPSA) is 75.7 Å². The monoisotopic (exact) mass is 460 g/mol. The van der Waals surface area contributed by atoms with Crippen LogP contribution >= 0.6 is 0 Å². The number of alkyl halides is 3. The molecule has 168 valence electrons. The second kappa shape index (κ2) is 8.83. The van der Waals surface area contributed by atoms with Crippen molar-refractivity contribution in [3.05, 3.63) is 53.8 Å². The molecule has 0 unspecified atom stereocenters. The number of anilines is 1. The van der Waals surface area contributed by atoms with Crippen LogP contribution in [0.5, 0.6) is 5.75 Å². The van der Waals surface area contributed by atoms with E-state index in [0.717, 1.165) is 28.6 Å². The molecule has 3 rings (SSSR count). The molecule has 1 fully saturated rings. The van der Waals surface area contributed by atoms with Crippen molar-refractivity contribution in [2.45, 2.75) is 23.9 Å². The lowest BCUT2D eigenvalue weighted by Gasteiger charge is -2.31. The van der Waals surface area contributed by atoms with Gasteiger partial charge in [-0.3, -0.25) is 4.79 Å². The Bertz CT molecular complexity index is 1070. The number of methoxy groups -OCH3 is 1. The van der Waals surface area contributed by atoms with Gasteiger partial charge in [-0.1, -0.05) is 6.07 Å². The van der Waals surface area contributed by atoms with Crippen LogP contribution in [0.2, 0.25) is 0 Å². The number of ether oxygens (including phenoxy) is 1. The highest BCUT2D eigenvalue weighted by molar-refractivity contribution is 7.89. The van der Waals surface area contributed by atoms with Gasteiger partial charge < -0.3 is 10.1 Å². The summed E-state index contributed by atoms with van der Waals surface area (Å²) < 4.78 is 84.4. The number of nitrogens with one attached hydrogen (secondary N) is 1. The first-order valence-electron chi connectivity index (χ1n) is 9.34. The molecule has 0 aromatic heterocycles. The van der Waals surface area contributed by atoms with Crippen LogP contribution in [0.25, 0.3) is 0 Å². The molecule has 0 bridgehead atoms. The van der Waals surface area contributed by atoms with Crippen LogP contribution in [0, 0.1) is 11.7 Å². The molecule has 6 nitrogen and oxygen atoms in total. The van der Waals surface area contributed by atoms with E-state index < -0.39 is 39.4 Å². The average molecular weight is 460 g/mol. The lowest BCUT2D eigenvalue weighted by molar-refractivity contribution is -0.137. The Morgan fingerprint density at radius 2 is 1.94 bits per heavy atom. The van der Waals surface area contributed by atoms with E-state index >= 15 is 0 Å². The van der Waals surface area contributed by atoms with Crippen molar-refractivity contribution in [1.82, 2.24) is 4.31 Å². The molecule has 0 saturated carbocycles. The maximum absolute atomic E-state index is 13.7. The Kier molecular flexibility index (Phi) is 6.56. The molecule has 1 N–H and O–H groups in total. The molecular formula is C20H20F4N2O4S. The number of rotatable bonds is 5. The molecule has 1 atom stereocenters. The number of nitrogens with zero attached hydrogens (tertiary/aromatic N) is 1. The third-order valence-corrected chi connectivity index (χ3v) is 6.84. The number of amides is 1. The molecule has 2 aromatic carbocycles. The normalized spacial score (nSPS) is 17.9. The first-order chi connectivity index (χ1) is 14.5. The van der Waals surface area contributed by atoms with Crippen LogP contribution in [0.15, 0.2) is 47.4 Å². The Morgan fingerprint density at radius 3 is 2.61 bits per heavy atom. The summed E-state index contributed by atoms with van der Waals surface area (Å²) in [4.78, 5) is 12.3. The standard InChI is InChI=1S/C20H20F4N2O4S/c1-30-17-8-7-15(21)11-18(17)31(28,29)26-9-3-4-13(12-26)19(27)25-16-6-2-5-14(10-16)20(22,23)24/h2,5-8,10-11,13H,3-4,9,12H2,1H3,(H,25,27)/t13-/m1/s1. The van der Waals surface area contributed by atoms with Crippen molar-refractivity contribution < 1.29 is 35.5 Å². The van der Waals surface area contributed by atoms with Gasteiger partial charge in [0.15, 0.2) is 0 Å². The van der Waals surface area contributed by atoms with Crippen LogP contribution in [0.1, 0.15) is 18.4 Å². The van der Waals surface area contributed by atoms with Crippen LogP contribution in [-0.2, 0) is 21.0 Å². The van der Waals surface area contributed by atoms with Gasteiger partial charge in [0.1, 0.15) is 16.5 Å². The zero-order chi connectivity index (χ0) is 22.8. The van der Waals surface area contributed by atoms with E-state index in [0.29, 0.717) is 12.8 Å². The summed E-state index contributed by atoms with van der Waals surface area (Å²) in [6.07, 6.45) is -3.84. The molecule has 1 heterocycles. The molecular weight excluding hydrogens is 440 g/mol. The zero-order valence-corrected chi connectivity index (χ0v) is 17.3. The average Bonchev–Trinajstić information content (AvgIpc) is 2.73. The van der Waals surface area contributed by atoms with E-state index in [9.17, 15) is 30.8 Å². The van der Waals surface area contributed by atoms with Gasteiger partial charge in [0.25, 0.3) is 0 Å². The van der Waals surface area contributed by atoms with Crippen molar-refractivity contribution in [1.29, 1.82) is 0 Å². The zero-order valence-electron chi connectivity index (χ0n) is 16.4. The van der Waals surface area contributed by atoms with Crippen molar-refractivity contribution in [2.75, 3.05) is 25.5 Å². The lowest BCUT2D eigenvalue weighted by Crippen LogP contribution is -2.43. The third-order valence-electron chi connectivity index (χ3n) is 4.96. The fourth-order valence-corrected chi connectivity index (χ4v) is 5.07. The number of piperidine rings is 1. The molecule has 31 heavy (non-hydrogen) atoms. The van der Waals surface area contributed by atoms with E-state index in [2.05, 4.69) is 5.32 Å². The number of carbonyl (C=O) groups excluding carboxylic acids is 1. The predicted octanol–water partition coefficient (Wildman–Crippen LogP) is 3.89. The fraction of sp³-hybridized carbons (Fsp3) is 0.350. The molecule has 0 aliphatic carbocycles. The highest BCUT2D eigenvalue weighted by Crippen LogP contribution is 2.32. The van der Waals surface area contributed by atoms with Crippen molar-refractivity contribution in [3.8, 4) is 5.75 Å². The van der Waals surface area contributed by atoms with Crippen molar-refractivity contribution in [3.63, 3.8) is 0 Å². The lowest BCUT2D eigenvalue weighted by atomic mass is 9.98. The minimum Gasteiger partial charge on any atom is -0.495 e. The Morgan fingerprint density at radius 1 is 1.19 bits per heavy atom. The van der Waals surface area contributed by atoms with Gasteiger partial charge in [0.2, 0.25) is 15.9 Å². The predicted molar refractivity (Wildman–Crippen MR) is 105 cm³/mol. The number of hydrogen-bond donors (Lipinski definition) is 1. The summed E-state index contributed by atoms with van der Waals surface area (Å²) in [5.41, 5.74) is -0.942. The summed E-state index contributed by atoms with van der Waals surface area (Å²) in [5, 5.41) is 2.42. The van der Waals surface area contributed by atoms with E-state index in [1.807, 2.05) is 0 Å². The van der Waals surface area contributed by atoms with E-state index in [-0.39, 0.29) is 29.4 Å². The van der Waals surface area contributed by atoms with Gasteiger partial charge >= 0.3 is 6.18 Å². The number of carbonyl (C=O) groups is 1. The molecule has 1 amide bonds. The largest absolute Gasteiger partial charge is 0.495 e. The smallest absolute Gasteiger partial charge is 0.416 e. The first-order valence-corrected chi connectivity index (χ1v) is 10.8. The maximum Gasteiger partial charge on any atom is 0.416 e. The van der Waals surface area contributed by atoms with E-state index in [4.69, 9.17) is 4.74 Å². The van der Waals surface area contributed by atoms with Gasteiger partial charge in [0.05, 0.1) is 18.6 Å². The minimum absolute atomic E-state index is 0.0306. The van der Waals surface area contributed by atoms with Gasteiger partial charge in [-0.25, -0.2) is 12.8 Å². The minimum atomic E-state index is -4.56. The highest BCUT2D eigenvalue weighted by atomic mass is 32.2. The van der Waals surface area contributed by atoms with E-state index in [1.165, 1.54) is 25.3 Å². The number of sulfonamides is 1. The quantitative estimate of drug-likeness (QED) is 0.687. The van der Waals surface area contributed by atoms with Crippen LogP contribution < -0.4 is 10.1 Å². The van der Waals surface area contributed by atoms with Gasteiger partial charge in [-0.2, -0.15) is 17.5 Å². The summed E-state index contributed by atoms with van der Waals surface area (Å²) >= 11 is 0. The molecule has 11 heteroatoms. The molecule has 2 aromatic rings. The van der Waals surface area contributed by atoms with E-state index in [1.54, 1.807) is 0 Å². The Hall–Kier alpha value is -2.66. The van der Waals surface area contributed by atoms with Crippen LogP contribution in [0.4, 0.5) is 23.2 Å². The Labute approximate surface area is 176 Å². The summed E-state index contributed by atoms with van der Waals surface area (Å²) in [7, 11) is -2.90. The summed E-state index contributed by atoms with van der Waals surface area (Å²) in [6.45, 7) is -0.0673.